The number of allylic oxidation sites excluding steroid dienone is 4. The fraction of sp³-hybridized carbons (Fsp3) is 0.700. The van der Waals surface area contributed by atoms with E-state index in [1.165, 1.54) is 0 Å². The van der Waals surface area contributed by atoms with Gasteiger partial charge in [-0.2, -0.15) is 0 Å². The van der Waals surface area contributed by atoms with Gasteiger partial charge < -0.3 is 20.1 Å². The Kier molecular flexibility index (Phi) is 3.42. The van der Waals surface area contributed by atoms with Crippen molar-refractivity contribution in [2.45, 2.75) is 57.7 Å². The summed E-state index contributed by atoms with van der Waals surface area (Å²) in [6, 6.07) is 0. The maximum absolute atomic E-state index is 11.8. The Bertz CT molecular complexity index is 709. The molecule has 4 rings (SSSR count). The van der Waals surface area contributed by atoms with Crippen LogP contribution in [-0.2, 0) is 9.59 Å². The summed E-state index contributed by atoms with van der Waals surface area (Å²) in [5.41, 5.74) is -2.06. The molecule has 3 fully saturated rings. The highest BCUT2D eigenvalue weighted by atomic mass is 16.4. The maximum atomic E-state index is 11.8. The van der Waals surface area contributed by atoms with E-state index in [9.17, 15) is 24.9 Å². The van der Waals surface area contributed by atoms with Crippen LogP contribution in [0.4, 0.5) is 0 Å². The van der Waals surface area contributed by atoms with Crippen LogP contribution in [0.25, 0.3) is 0 Å². The largest absolute Gasteiger partial charge is 0.547 e. The third kappa shape index (κ3) is 1.97. The van der Waals surface area contributed by atoms with Gasteiger partial charge in [0.05, 0.1) is 12.1 Å². The molecule has 0 aliphatic heterocycles. The van der Waals surface area contributed by atoms with Crippen molar-refractivity contribution < 1.29 is 24.9 Å². The molecule has 0 saturated heterocycles. The number of carboxylic acid groups (broad SMARTS) is 1. The number of carbonyl (C=O) groups excluding carboxylic acids is 2. The fourth-order valence-electron chi connectivity index (χ4n) is 6.67. The minimum absolute atomic E-state index is 0.00624. The molecule has 0 bridgehead atoms. The van der Waals surface area contributed by atoms with Gasteiger partial charge in [-0.3, -0.25) is 4.79 Å². The van der Waals surface area contributed by atoms with Crippen molar-refractivity contribution in [1.82, 2.24) is 0 Å². The number of rotatable bonds is 1. The van der Waals surface area contributed by atoms with Gasteiger partial charge in [0.15, 0.2) is 5.78 Å². The molecule has 0 amide bonds. The third-order valence-corrected chi connectivity index (χ3v) is 7.99. The summed E-state index contributed by atoms with van der Waals surface area (Å²) in [5.74, 6) is -1.32. The minimum atomic E-state index is -1.88. The SMILES string of the molecule is C[C@]12C=CC(=O)C=C1CC[C@@H]1[C@H]2[C@@H](O)C[C@@]2(C)[C@@H]1CC[C@]2(O)C(=O)[O-]. The molecule has 0 aromatic rings. The smallest absolute Gasteiger partial charge is 0.178 e. The molecule has 4 aliphatic rings. The molecular formula is C20H25O5-. The van der Waals surface area contributed by atoms with E-state index < -0.39 is 23.1 Å². The Hall–Kier alpha value is -1.46. The van der Waals surface area contributed by atoms with E-state index in [4.69, 9.17) is 0 Å². The standard InChI is InChI=1S/C20H26O5/c1-18-7-5-12(21)9-11(18)3-4-13-14-6-8-20(25,17(23)24)19(14,2)10-15(22)16(13)18/h5,7,9,13-16,22,25H,3-4,6,8,10H2,1-2H3,(H,23,24)/p-1/t13-,14+,15-,16-,18-,19-,20-/m0/s1. The van der Waals surface area contributed by atoms with Crippen LogP contribution >= 0.6 is 0 Å². The van der Waals surface area contributed by atoms with Gasteiger partial charge >= 0.3 is 0 Å². The van der Waals surface area contributed by atoms with E-state index in [1.807, 2.05) is 6.08 Å². The highest BCUT2D eigenvalue weighted by Gasteiger charge is 2.66. The number of aliphatic hydroxyl groups is 2. The van der Waals surface area contributed by atoms with Crippen molar-refractivity contribution in [3.63, 3.8) is 0 Å². The summed E-state index contributed by atoms with van der Waals surface area (Å²) in [7, 11) is 0. The predicted octanol–water partition coefficient (Wildman–Crippen LogP) is 0.746. The van der Waals surface area contributed by atoms with E-state index in [-0.39, 0.29) is 41.8 Å². The molecule has 136 valence electrons. The van der Waals surface area contributed by atoms with Crippen LogP contribution in [0.15, 0.2) is 23.8 Å². The molecule has 5 heteroatoms. The first-order valence-electron chi connectivity index (χ1n) is 9.19. The molecular weight excluding hydrogens is 320 g/mol. The molecule has 0 aromatic heterocycles. The molecule has 25 heavy (non-hydrogen) atoms. The number of hydrogen-bond acceptors (Lipinski definition) is 5. The second-order valence-electron chi connectivity index (χ2n) is 8.90. The minimum Gasteiger partial charge on any atom is -0.547 e. The molecule has 2 N–H and O–H groups in total. The zero-order valence-electron chi connectivity index (χ0n) is 14.7. The number of hydrogen-bond donors (Lipinski definition) is 2. The Labute approximate surface area is 147 Å². The van der Waals surface area contributed by atoms with Crippen LogP contribution in [-0.4, -0.2) is 33.7 Å². The number of fused-ring (bicyclic) bond motifs is 5. The van der Waals surface area contributed by atoms with Crippen molar-refractivity contribution in [3.8, 4) is 0 Å². The maximum Gasteiger partial charge on any atom is 0.178 e. The monoisotopic (exact) mass is 345 g/mol. The zero-order chi connectivity index (χ0) is 18.2. The lowest BCUT2D eigenvalue weighted by Crippen LogP contribution is -2.63. The molecule has 0 heterocycles. The average molecular weight is 345 g/mol. The van der Waals surface area contributed by atoms with Crippen molar-refractivity contribution in [3.05, 3.63) is 23.8 Å². The van der Waals surface area contributed by atoms with E-state index >= 15 is 0 Å². The molecule has 0 spiro atoms. The predicted molar refractivity (Wildman–Crippen MR) is 88.0 cm³/mol. The van der Waals surface area contributed by atoms with Crippen molar-refractivity contribution in [1.29, 1.82) is 0 Å². The Morgan fingerprint density at radius 1 is 1.32 bits per heavy atom. The Balaban J connectivity index is 1.76. The van der Waals surface area contributed by atoms with Gasteiger partial charge in [0.1, 0.15) is 5.60 Å². The molecule has 4 aliphatic carbocycles. The lowest BCUT2D eigenvalue weighted by atomic mass is 9.46. The normalized spacial score (nSPS) is 51.4. The van der Waals surface area contributed by atoms with Crippen LogP contribution in [0.3, 0.4) is 0 Å². The van der Waals surface area contributed by atoms with Crippen LogP contribution in [0, 0.1) is 28.6 Å². The summed E-state index contributed by atoms with van der Waals surface area (Å²) in [4.78, 5) is 23.4. The van der Waals surface area contributed by atoms with Gasteiger partial charge in [0.25, 0.3) is 0 Å². The van der Waals surface area contributed by atoms with Gasteiger partial charge in [-0.25, -0.2) is 0 Å². The molecule has 0 unspecified atom stereocenters. The molecule has 7 atom stereocenters. The summed E-state index contributed by atoms with van der Waals surface area (Å²) >= 11 is 0. The van der Waals surface area contributed by atoms with E-state index in [1.54, 1.807) is 19.1 Å². The summed E-state index contributed by atoms with van der Waals surface area (Å²) in [5, 5.41) is 33.5. The Morgan fingerprint density at radius 2 is 2.04 bits per heavy atom. The summed E-state index contributed by atoms with van der Waals surface area (Å²) < 4.78 is 0. The number of carbonyl (C=O) groups is 2. The van der Waals surface area contributed by atoms with Crippen molar-refractivity contribution in [2.24, 2.45) is 28.6 Å². The molecule has 0 aromatic carbocycles. The highest BCUT2D eigenvalue weighted by Crippen LogP contribution is 2.66. The topological polar surface area (TPSA) is 97.7 Å². The molecule has 0 radical (unpaired) electrons. The van der Waals surface area contributed by atoms with Gasteiger partial charge in [-0.1, -0.05) is 25.5 Å². The van der Waals surface area contributed by atoms with E-state index in [2.05, 4.69) is 6.92 Å². The molecule has 3 saturated carbocycles. The lowest BCUT2D eigenvalue weighted by Gasteiger charge is -2.60. The fourth-order valence-corrected chi connectivity index (χ4v) is 6.67. The molecule has 5 nitrogen and oxygen atoms in total. The number of ketones is 1. The van der Waals surface area contributed by atoms with Gasteiger partial charge in [-0.15, -0.1) is 0 Å². The number of aliphatic hydroxyl groups excluding tert-OH is 1. The van der Waals surface area contributed by atoms with Crippen LogP contribution in [0.2, 0.25) is 0 Å². The second-order valence-corrected chi connectivity index (χ2v) is 8.90. The Morgan fingerprint density at radius 3 is 2.72 bits per heavy atom. The first kappa shape index (κ1) is 17.0. The van der Waals surface area contributed by atoms with Crippen molar-refractivity contribution >= 4 is 11.8 Å². The lowest BCUT2D eigenvalue weighted by molar-refractivity contribution is -0.334. The summed E-state index contributed by atoms with van der Waals surface area (Å²) in [6.45, 7) is 3.87. The second kappa shape index (κ2) is 5.04. The average Bonchev–Trinajstić information content (AvgIpc) is 2.80. The first-order valence-corrected chi connectivity index (χ1v) is 9.19. The number of carboxylic acids is 1. The van der Waals surface area contributed by atoms with Gasteiger partial charge in [-0.05, 0) is 56.1 Å². The van der Waals surface area contributed by atoms with E-state index in [0.717, 1.165) is 18.4 Å². The van der Waals surface area contributed by atoms with Crippen LogP contribution in [0.5, 0.6) is 0 Å². The number of aliphatic carboxylic acids is 1. The van der Waals surface area contributed by atoms with Crippen molar-refractivity contribution in [2.75, 3.05) is 0 Å². The van der Waals surface area contributed by atoms with Gasteiger partial charge in [0, 0.05) is 16.7 Å². The van der Waals surface area contributed by atoms with Crippen LogP contribution in [0.1, 0.15) is 46.0 Å². The van der Waals surface area contributed by atoms with E-state index in [0.29, 0.717) is 6.42 Å². The first-order chi connectivity index (χ1) is 11.6. The van der Waals surface area contributed by atoms with Crippen LogP contribution < -0.4 is 5.11 Å². The third-order valence-electron chi connectivity index (χ3n) is 7.99. The van der Waals surface area contributed by atoms with Gasteiger partial charge in [0.2, 0.25) is 0 Å². The zero-order valence-corrected chi connectivity index (χ0v) is 14.7. The highest BCUT2D eigenvalue weighted by molar-refractivity contribution is 6.01. The quantitative estimate of drug-likeness (QED) is 0.731. The summed E-state index contributed by atoms with van der Waals surface area (Å²) in [6.07, 6.45) is 7.13.